The summed E-state index contributed by atoms with van der Waals surface area (Å²) in [6.07, 6.45) is 3.88. The van der Waals surface area contributed by atoms with Gasteiger partial charge in [-0.05, 0) is 24.6 Å². The largest absolute Gasteiger partial charge is 0.477 e. The molecular weight excluding hydrogens is 252 g/mol. The smallest absolute Gasteiger partial charge is 0.345 e. The Balaban J connectivity index is 2.96. The van der Waals surface area contributed by atoms with Crippen LogP contribution in [0.15, 0.2) is 12.1 Å². The monoisotopic (exact) mass is 260 g/mol. The van der Waals surface area contributed by atoms with E-state index in [4.69, 9.17) is 5.11 Å². The predicted molar refractivity (Wildman–Crippen MR) is 58.8 cm³/mol. The van der Waals surface area contributed by atoms with Crippen molar-refractivity contribution >= 4 is 39.3 Å². The molecule has 0 aromatic carbocycles. The molecule has 2 nitrogen and oxygen atoms in total. The Labute approximate surface area is 89.0 Å². The highest BCUT2D eigenvalue weighted by molar-refractivity contribution is 9.09. The van der Waals surface area contributed by atoms with Gasteiger partial charge in [0.15, 0.2) is 0 Å². The molecule has 4 heteroatoms. The van der Waals surface area contributed by atoms with E-state index in [0.29, 0.717) is 4.88 Å². The number of alkyl halides is 1. The predicted octanol–water partition coefficient (Wildman–Crippen LogP) is 3.16. The highest BCUT2D eigenvalue weighted by Gasteiger charge is 2.08. The normalized spacial score (nSPS) is 10.9. The number of hydrogen-bond donors (Lipinski definition) is 1. The molecule has 0 spiro atoms. The van der Waals surface area contributed by atoms with E-state index < -0.39 is 5.97 Å². The third-order valence-corrected chi connectivity index (χ3v) is 3.09. The van der Waals surface area contributed by atoms with Gasteiger partial charge in [0, 0.05) is 10.2 Å². The summed E-state index contributed by atoms with van der Waals surface area (Å²) in [7, 11) is 0. The summed E-state index contributed by atoms with van der Waals surface area (Å²) >= 11 is 4.57. The van der Waals surface area contributed by atoms with Crippen molar-refractivity contribution in [3.8, 4) is 0 Å². The van der Waals surface area contributed by atoms with Crippen molar-refractivity contribution in [2.75, 3.05) is 5.33 Å². The van der Waals surface area contributed by atoms with Gasteiger partial charge in [0.25, 0.3) is 0 Å². The molecule has 0 bridgehead atoms. The van der Waals surface area contributed by atoms with Crippen molar-refractivity contribution in [3.63, 3.8) is 0 Å². The van der Waals surface area contributed by atoms with E-state index in [-0.39, 0.29) is 0 Å². The van der Waals surface area contributed by atoms with Gasteiger partial charge in [0.05, 0.1) is 0 Å². The zero-order valence-corrected chi connectivity index (χ0v) is 9.48. The van der Waals surface area contributed by atoms with E-state index in [9.17, 15) is 4.79 Å². The van der Waals surface area contributed by atoms with Gasteiger partial charge in [-0.15, -0.1) is 11.3 Å². The van der Waals surface area contributed by atoms with Gasteiger partial charge < -0.3 is 5.11 Å². The number of carboxylic acids is 1. The average molecular weight is 261 g/mol. The molecule has 1 N–H and O–H groups in total. The van der Waals surface area contributed by atoms with Crippen LogP contribution in [0.1, 0.15) is 20.1 Å². The van der Waals surface area contributed by atoms with Crippen molar-refractivity contribution in [3.05, 3.63) is 27.5 Å². The van der Waals surface area contributed by atoms with Gasteiger partial charge in [0.1, 0.15) is 4.88 Å². The number of carboxylic acid groups (broad SMARTS) is 1. The van der Waals surface area contributed by atoms with Crippen LogP contribution in [0.25, 0.3) is 6.08 Å². The Bertz CT molecular complexity index is 341. The van der Waals surface area contributed by atoms with E-state index in [1.807, 2.05) is 19.1 Å². The Hall–Kier alpha value is -0.610. The second kappa shape index (κ2) is 4.58. The summed E-state index contributed by atoms with van der Waals surface area (Å²) < 4.78 is 0. The lowest BCUT2D eigenvalue weighted by atomic mass is 10.2. The second-order valence-corrected chi connectivity index (χ2v) is 4.25. The van der Waals surface area contributed by atoms with E-state index in [1.165, 1.54) is 11.3 Å². The summed E-state index contributed by atoms with van der Waals surface area (Å²) in [5.74, 6) is -0.855. The summed E-state index contributed by atoms with van der Waals surface area (Å²) in [5.41, 5.74) is 1.01. The molecule has 0 aliphatic rings. The molecule has 70 valence electrons. The minimum atomic E-state index is -0.855. The molecule has 1 aromatic heterocycles. The molecular formula is C9H9BrO2S. The third kappa shape index (κ3) is 2.67. The maximum absolute atomic E-state index is 10.6. The standard InChI is InChI=1S/C9H9BrO2S/c1-6-5-8(9(11)12)13-7(6)3-2-4-10/h2-3,5H,4H2,1H3,(H,11,12). The molecule has 0 unspecified atom stereocenters. The molecule has 13 heavy (non-hydrogen) atoms. The Morgan fingerprint density at radius 3 is 2.92 bits per heavy atom. The van der Waals surface area contributed by atoms with Crippen LogP contribution in [0.3, 0.4) is 0 Å². The van der Waals surface area contributed by atoms with Gasteiger partial charge in [0.2, 0.25) is 0 Å². The fourth-order valence-electron chi connectivity index (χ4n) is 0.919. The maximum atomic E-state index is 10.6. The Kier molecular flexibility index (Phi) is 3.69. The van der Waals surface area contributed by atoms with Crippen LogP contribution in [0.4, 0.5) is 0 Å². The minimum absolute atomic E-state index is 0.395. The number of rotatable bonds is 3. The van der Waals surface area contributed by atoms with Crippen molar-refractivity contribution in [1.82, 2.24) is 0 Å². The van der Waals surface area contributed by atoms with E-state index in [1.54, 1.807) is 6.07 Å². The molecule has 0 saturated carbocycles. The first-order valence-corrected chi connectivity index (χ1v) is 5.65. The number of hydrogen-bond acceptors (Lipinski definition) is 2. The summed E-state index contributed by atoms with van der Waals surface area (Å²) in [6.45, 7) is 1.91. The molecule has 1 rings (SSSR count). The Morgan fingerprint density at radius 2 is 2.46 bits per heavy atom. The summed E-state index contributed by atoms with van der Waals surface area (Å²) in [4.78, 5) is 12.0. The number of thiophene rings is 1. The minimum Gasteiger partial charge on any atom is -0.477 e. The average Bonchev–Trinajstić information content (AvgIpc) is 2.44. The molecule has 0 amide bonds. The van der Waals surface area contributed by atoms with Gasteiger partial charge in [-0.2, -0.15) is 0 Å². The summed E-state index contributed by atoms with van der Waals surface area (Å²) in [5, 5.41) is 9.51. The highest BCUT2D eigenvalue weighted by atomic mass is 79.9. The van der Waals surface area contributed by atoms with E-state index >= 15 is 0 Å². The lowest BCUT2D eigenvalue weighted by Gasteiger charge is -1.86. The SMILES string of the molecule is Cc1cc(C(=O)O)sc1C=CCBr. The van der Waals surface area contributed by atoms with Crippen molar-refractivity contribution in [2.24, 2.45) is 0 Å². The second-order valence-electron chi connectivity index (χ2n) is 2.52. The molecule has 0 aliphatic heterocycles. The van der Waals surface area contributed by atoms with Crippen molar-refractivity contribution < 1.29 is 9.90 Å². The fourth-order valence-corrected chi connectivity index (χ4v) is 2.05. The maximum Gasteiger partial charge on any atom is 0.345 e. The number of allylic oxidation sites excluding steroid dienone is 1. The van der Waals surface area contributed by atoms with Gasteiger partial charge >= 0.3 is 5.97 Å². The van der Waals surface area contributed by atoms with Gasteiger partial charge in [-0.1, -0.05) is 22.0 Å². The number of carbonyl (C=O) groups is 1. The third-order valence-electron chi connectivity index (χ3n) is 1.53. The number of aromatic carboxylic acids is 1. The molecule has 0 saturated heterocycles. The van der Waals surface area contributed by atoms with Crippen LogP contribution in [-0.4, -0.2) is 16.4 Å². The van der Waals surface area contributed by atoms with Crippen LogP contribution in [-0.2, 0) is 0 Å². The number of halogens is 1. The molecule has 0 radical (unpaired) electrons. The fraction of sp³-hybridized carbons (Fsp3) is 0.222. The molecule has 1 heterocycles. The van der Waals surface area contributed by atoms with Crippen molar-refractivity contribution in [2.45, 2.75) is 6.92 Å². The summed E-state index contributed by atoms with van der Waals surface area (Å²) in [6, 6.07) is 1.70. The van der Waals surface area contributed by atoms with E-state index in [2.05, 4.69) is 15.9 Å². The zero-order chi connectivity index (χ0) is 9.84. The Morgan fingerprint density at radius 1 is 1.77 bits per heavy atom. The molecule has 0 atom stereocenters. The first-order valence-electron chi connectivity index (χ1n) is 3.71. The van der Waals surface area contributed by atoms with E-state index in [0.717, 1.165) is 15.8 Å². The zero-order valence-electron chi connectivity index (χ0n) is 7.08. The van der Waals surface area contributed by atoms with Crippen LogP contribution < -0.4 is 0 Å². The highest BCUT2D eigenvalue weighted by Crippen LogP contribution is 2.23. The quantitative estimate of drug-likeness (QED) is 0.848. The first kappa shape index (κ1) is 10.5. The van der Waals surface area contributed by atoms with Crippen LogP contribution in [0, 0.1) is 6.92 Å². The van der Waals surface area contributed by atoms with Gasteiger partial charge in [-0.3, -0.25) is 0 Å². The molecule has 0 fully saturated rings. The van der Waals surface area contributed by atoms with Crippen molar-refractivity contribution in [1.29, 1.82) is 0 Å². The first-order chi connectivity index (χ1) is 6.15. The van der Waals surface area contributed by atoms with Crippen LogP contribution in [0.2, 0.25) is 0 Å². The molecule has 0 aliphatic carbocycles. The van der Waals surface area contributed by atoms with Crippen LogP contribution in [0.5, 0.6) is 0 Å². The van der Waals surface area contributed by atoms with Gasteiger partial charge in [-0.25, -0.2) is 4.79 Å². The topological polar surface area (TPSA) is 37.3 Å². The van der Waals surface area contributed by atoms with Crippen LogP contribution >= 0.6 is 27.3 Å². The number of aryl methyl sites for hydroxylation is 1. The molecule has 1 aromatic rings. The lowest BCUT2D eigenvalue weighted by molar-refractivity contribution is 0.0702. The lowest BCUT2D eigenvalue weighted by Crippen LogP contribution is -1.89.